The van der Waals surface area contributed by atoms with Crippen LogP contribution < -0.4 is 11.3 Å². The Balaban J connectivity index is 2.75. The molecule has 2 aromatic rings. The van der Waals surface area contributed by atoms with Gasteiger partial charge in [-0.25, -0.2) is 0 Å². The molecular formula is C11H12N2O2. The molecule has 2 rings (SSSR count). The summed E-state index contributed by atoms with van der Waals surface area (Å²) in [5.74, 6) is 0. The summed E-state index contributed by atoms with van der Waals surface area (Å²) in [5, 5.41) is 10.1. The molecule has 78 valence electrons. The number of nitrogens with two attached hydrogens (primary N) is 1. The summed E-state index contributed by atoms with van der Waals surface area (Å²) in [6, 6.07) is 7.05. The van der Waals surface area contributed by atoms with Crippen LogP contribution in [0.2, 0.25) is 0 Å². The molecule has 0 amide bonds. The minimum Gasteiger partial charge on any atom is -0.398 e. The van der Waals surface area contributed by atoms with Crippen LogP contribution in [0.25, 0.3) is 10.8 Å². The molecule has 0 saturated heterocycles. The molecule has 0 spiro atoms. The number of aliphatic hydroxyl groups excluding tert-OH is 1. The van der Waals surface area contributed by atoms with Gasteiger partial charge < -0.3 is 15.4 Å². The number of fused-ring (bicyclic) bond motifs is 1. The smallest absolute Gasteiger partial charge is 0.258 e. The largest absolute Gasteiger partial charge is 0.398 e. The van der Waals surface area contributed by atoms with Crippen LogP contribution in [-0.4, -0.2) is 16.3 Å². The Hall–Kier alpha value is -1.81. The van der Waals surface area contributed by atoms with Gasteiger partial charge in [0.15, 0.2) is 0 Å². The maximum absolute atomic E-state index is 11.9. The molecule has 0 radical (unpaired) electrons. The maximum Gasteiger partial charge on any atom is 0.258 e. The number of rotatable bonds is 2. The summed E-state index contributed by atoms with van der Waals surface area (Å²) >= 11 is 0. The van der Waals surface area contributed by atoms with Gasteiger partial charge in [-0.05, 0) is 18.2 Å². The van der Waals surface area contributed by atoms with Crippen molar-refractivity contribution in [2.45, 2.75) is 6.54 Å². The number of nitrogens with zero attached hydrogens (tertiary/aromatic N) is 1. The van der Waals surface area contributed by atoms with E-state index in [0.29, 0.717) is 17.6 Å². The van der Waals surface area contributed by atoms with Crippen molar-refractivity contribution in [3.63, 3.8) is 0 Å². The van der Waals surface area contributed by atoms with Gasteiger partial charge in [-0.1, -0.05) is 6.07 Å². The van der Waals surface area contributed by atoms with Crippen molar-refractivity contribution in [1.29, 1.82) is 0 Å². The van der Waals surface area contributed by atoms with Crippen molar-refractivity contribution in [2.75, 3.05) is 12.3 Å². The second kappa shape index (κ2) is 3.74. The van der Waals surface area contributed by atoms with E-state index in [9.17, 15) is 4.79 Å². The Labute approximate surface area is 86.6 Å². The van der Waals surface area contributed by atoms with E-state index in [-0.39, 0.29) is 12.2 Å². The first-order valence-electron chi connectivity index (χ1n) is 4.72. The number of benzene rings is 1. The molecule has 0 atom stereocenters. The summed E-state index contributed by atoms with van der Waals surface area (Å²) in [6.45, 7) is 0.261. The van der Waals surface area contributed by atoms with Crippen molar-refractivity contribution in [2.24, 2.45) is 0 Å². The predicted octanol–water partition coefficient (Wildman–Crippen LogP) is 0.576. The lowest BCUT2D eigenvalue weighted by molar-refractivity contribution is 0.274. The van der Waals surface area contributed by atoms with E-state index in [2.05, 4.69) is 0 Å². The van der Waals surface area contributed by atoms with Gasteiger partial charge in [-0.2, -0.15) is 0 Å². The molecule has 0 bridgehead atoms. The number of nitrogen functional groups attached to an aromatic ring is 1. The van der Waals surface area contributed by atoms with Crippen LogP contribution in [0.5, 0.6) is 0 Å². The molecule has 1 heterocycles. The van der Waals surface area contributed by atoms with Crippen molar-refractivity contribution < 1.29 is 5.11 Å². The molecule has 0 saturated carbocycles. The highest BCUT2D eigenvalue weighted by molar-refractivity contribution is 5.91. The lowest BCUT2D eigenvalue weighted by Gasteiger charge is -2.06. The third-order valence-corrected chi connectivity index (χ3v) is 2.39. The summed E-state index contributed by atoms with van der Waals surface area (Å²) in [4.78, 5) is 11.9. The van der Waals surface area contributed by atoms with Crippen molar-refractivity contribution in [3.05, 3.63) is 40.8 Å². The number of aromatic nitrogens is 1. The van der Waals surface area contributed by atoms with Crippen LogP contribution in [0, 0.1) is 0 Å². The van der Waals surface area contributed by atoms with Crippen molar-refractivity contribution in [1.82, 2.24) is 4.57 Å². The SMILES string of the molecule is Nc1cccc2c(=O)n(CCO)ccc12. The van der Waals surface area contributed by atoms with Crippen LogP contribution in [0.1, 0.15) is 0 Å². The highest BCUT2D eigenvalue weighted by Crippen LogP contribution is 2.16. The van der Waals surface area contributed by atoms with E-state index < -0.39 is 0 Å². The molecule has 1 aromatic carbocycles. The van der Waals surface area contributed by atoms with E-state index in [4.69, 9.17) is 10.8 Å². The van der Waals surface area contributed by atoms with Crippen LogP contribution in [0.15, 0.2) is 35.3 Å². The van der Waals surface area contributed by atoms with E-state index in [1.54, 1.807) is 30.5 Å². The van der Waals surface area contributed by atoms with Crippen LogP contribution in [0.4, 0.5) is 5.69 Å². The van der Waals surface area contributed by atoms with Crippen LogP contribution >= 0.6 is 0 Å². The fourth-order valence-corrected chi connectivity index (χ4v) is 1.63. The molecule has 0 fully saturated rings. The number of hydrogen-bond acceptors (Lipinski definition) is 3. The quantitative estimate of drug-likeness (QED) is 0.703. The van der Waals surface area contributed by atoms with Crippen LogP contribution in [0.3, 0.4) is 0 Å². The number of hydrogen-bond donors (Lipinski definition) is 2. The average Bonchev–Trinajstić information content (AvgIpc) is 2.23. The Morgan fingerprint density at radius 3 is 2.80 bits per heavy atom. The summed E-state index contributed by atoms with van der Waals surface area (Å²) < 4.78 is 1.47. The number of aliphatic hydroxyl groups is 1. The third kappa shape index (κ3) is 1.59. The average molecular weight is 204 g/mol. The van der Waals surface area contributed by atoms with E-state index >= 15 is 0 Å². The Morgan fingerprint density at radius 1 is 1.27 bits per heavy atom. The molecule has 0 aliphatic heterocycles. The van der Waals surface area contributed by atoms with E-state index in [1.807, 2.05) is 0 Å². The number of pyridine rings is 1. The second-order valence-electron chi connectivity index (χ2n) is 3.35. The van der Waals surface area contributed by atoms with Crippen molar-refractivity contribution >= 4 is 16.5 Å². The molecule has 0 aliphatic rings. The molecule has 0 unspecified atom stereocenters. The summed E-state index contributed by atoms with van der Waals surface area (Å²) in [5.41, 5.74) is 6.23. The molecule has 3 N–H and O–H groups in total. The molecule has 1 aromatic heterocycles. The van der Waals surface area contributed by atoms with Gasteiger partial charge in [-0.3, -0.25) is 4.79 Å². The lowest BCUT2D eigenvalue weighted by Crippen LogP contribution is -2.21. The first-order chi connectivity index (χ1) is 7.24. The third-order valence-electron chi connectivity index (χ3n) is 2.39. The van der Waals surface area contributed by atoms with Gasteiger partial charge in [0.05, 0.1) is 6.61 Å². The Morgan fingerprint density at radius 2 is 2.07 bits per heavy atom. The van der Waals surface area contributed by atoms with Gasteiger partial charge in [0.1, 0.15) is 0 Å². The predicted molar refractivity (Wildman–Crippen MR) is 59.7 cm³/mol. The van der Waals surface area contributed by atoms with Gasteiger partial charge in [0.25, 0.3) is 5.56 Å². The summed E-state index contributed by atoms with van der Waals surface area (Å²) in [7, 11) is 0. The van der Waals surface area contributed by atoms with Gasteiger partial charge in [-0.15, -0.1) is 0 Å². The van der Waals surface area contributed by atoms with Gasteiger partial charge >= 0.3 is 0 Å². The second-order valence-corrected chi connectivity index (χ2v) is 3.35. The monoisotopic (exact) mass is 204 g/mol. The zero-order chi connectivity index (χ0) is 10.8. The Kier molecular flexibility index (Phi) is 2.43. The minimum absolute atomic E-state index is 0.0479. The molecule has 15 heavy (non-hydrogen) atoms. The van der Waals surface area contributed by atoms with Crippen molar-refractivity contribution in [3.8, 4) is 0 Å². The molecule has 4 nitrogen and oxygen atoms in total. The topological polar surface area (TPSA) is 68.2 Å². The maximum atomic E-state index is 11.9. The minimum atomic E-state index is -0.117. The zero-order valence-electron chi connectivity index (χ0n) is 8.18. The van der Waals surface area contributed by atoms with E-state index in [1.165, 1.54) is 4.57 Å². The molecular weight excluding hydrogens is 192 g/mol. The highest BCUT2D eigenvalue weighted by Gasteiger charge is 2.03. The zero-order valence-corrected chi connectivity index (χ0v) is 8.18. The first-order valence-corrected chi connectivity index (χ1v) is 4.72. The fraction of sp³-hybridized carbons (Fsp3) is 0.182. The van der Waals surface area contributed by atoms with Gasteiger partial charge in [0, 0.05) is 29.2 Å². The normalized spacial score (nSPS) is 10.7. The lowest BCUT2D eigenvalue weighted by atomic mass is 10.1. The van der Waals surface area contributed by atoms with Gasteiger partial charge in [0.2, 0.25) is 0 Å². The van der Waals surface area contributed by atoms with E-state index in [0.717, 1.165) is 5.39 Å². The Bertz CT molecular complexity index is 546. The highest BCUT2D eigenvalue weighted by atomic mass is 16.3. The summed E-state index contributed by atoms with van der Waals surface area (Å²) in [6.07, 6.45) is 1.65. The fourth-order valence-electron chi connectivity index (χ4n) is 1.63. The standard InChI is InChI=1S/C11H12N2O2/c12-10-3-1-2-9-8(10)4-5-13(6-7-14)11(9)15/h1-5,14H,6-7,12H2. The molecule has 4 heteroatoms. The van der Waals surface area contributed by atoms with Crippen LogP contribution in [-0.2, 0) is 6.54 Å². The first kappa shape index (κ1) is 9.73. The number of anilines is 1. The molecule has 0 aliphatic carbocycles.